The summed E-state index contributed by atoms with van der Waals surface area (Å²) in [6, 6.07) is 5.72. The van der Waals surface area contributed by atoms with Crippen molar-refractivity contribution in [1.29, 1.82) is 0 Å². The maximum absolute atomic E-state index is 9.02. The van der Waals surface area contributed by atoms with Gasteiger partial charge in [0, 0.05) is 34.2 Å². The number of nitrogens with zero attached hydrogens (tertiary/aromatic N) is 1. The number of halogens is 1. The molecule has 0 saturated carbocycles. The standard InChI is InChI=1S/C21H23ClN2O/c1-12-14-8-13(4-2-3-7-25)9-15(10-14)19-20(23)17-6-5-16(22)11-18(17)24-21(12)19/h5-6,8,11,14-15,25H,1-4,7,9-10H2,(H2,23,24). The summed E-state index contributed by atoms with van der Waals surface area (Å²) >= 11 is 6.14. The van der Waals surface area contributed by atoms with Crippen LogP contribution in [0.5, 0.6) is 0 Å². The molecule has 1 heterocycles. The number of nitrogens with two attached hydrogens (primary N) is 1. The molecule has 2 atom stereocenters. The van der Waals surface area contributed by atoms with Crippen LogP contribution in [0.3, 0.4) is 0 Å². The quantitative estimate of drug-likeness (QED) is 0.594. The summed E-state index contributed by atoms with van der Waals surface area (Å²) in [7, 11) is 0. The number of nitrogen functional groups attached to an aromatic ring is 1. The predicted molar refractivity (Wildman–Crippen MR) is 105 cm³/mol. The molecule has 0 fully saturated rings. The number of allylic oxidation sites excluding steroid dienone is 3. The van der Waals surface area contributed by atoms with Gasteiger partial charge in [0.05, 0.1) is 11.2 Å². The highest BCUT2D eigenvalue weighted by atomic mass is 35.5. The summed E-state index contributed by atoms with van der Waals surface area (Å²) < 4.78 is 0. The average Bonchev–Trinajstić information content (AvgIpc) is 2.59. The molecule has 4 heteroatoms. The first kappa shape index (κ1) is 16.6. The summed E-state index contributed by atoms with van der Waals surface area (Å²) in [6.45, 7) is 4.61. The van der Waals surface area contributed by atoms with Crippen LogP contribution in [-0.4, -0.2) is 16.7 Å². The van der Waals surface area contributed by atoms with Gasteiger partial charge >= 0.3 is 0 Å². The van der Waals surface area contributed by atoms with Crippen molar-refractivity contribution in [2.45, 2.75) is 38.0 Å². The van der Waals surface area contributed by atoms with Crippen LogP contribution in [0, 0.1) is 5.92 Å². The van der Waals surface area contributed by atoms with E-state index >= 15 is 0 Å². The van der Waals surface area contributed by atoms with Gasteiger partial charge in [0.2, 0.25) is 0 Å². The lowest BCUT2D eigenvalue weighted by Gasteiger charge is -2.37. The predicted octanol–water partition coefficient (Wildman–Crippen LogP) is 5.08. The van der Waals surface area contributed by atoms with Crippen LogP contribution in [-0.2, 0) is 0 Å². The molecule has 0 radical (unpaired) electrons. The highest BCUT2D eigenvalue weighted by molar-refractivity contribution is 6.31. The van der Waals surface area contributed by atoms with Gasteiger partial charge in [-0.1, -0.05) is 29.8 Å². The lowest BCUT2D eigenvalue weighted by Crippen LogP contribution is -2.23. The van der Waals surface area contributed by atoms with Gasteiger partial charge in [-0.15, -0.1) is 0 Å². The highest BCUT2D eigenvalue weighted by Gasteiger charge is 2.35. The molecule has 130 valence electrons. The monoisotopic (exact) mass is 354 g/mol. The van der Waals surface area contributed by atoms with Crippen LogP contribution < -0.4 is 5.73 Å². The van der Waals surface area contributed by atoms with Crippen LogP contribution in [0.25, 0.3) is 16.5 Å². The Hall–Kier alpha value is -1.84. The van der Waals surface area contributed by atoms with Crippen LogP contribution in [0.4, 0.5) is 5.69 Å². The van der Waals surface area contributed by atoms with E-state index in [1.165, 1.54) is 11.1 Å². The van der Waals surface area contributed by atoms with Crippen LogP contribution in [0.1, 0.15) is 49.3 Å². The van der Waals surface area contributed by atoms with E-state index in [4.69, 9.17) is 27.4 Å². The molecule has 1 aromatic carbocycles. The van der Waals surface area contributed by atoms with Crippen molar-refractivity contribution in [1.82, 2.24) is 4.98 Å². The summed E-state index contributed by atoms with van der Waals surface area (Å²) in [5.74, 6) is 0.756. The van der Waals surface area contributed by atoms with Gasteiger partial charge in [-0.2, -0.15) is 0 Å². The van der Waals surface area contributed by atoms with Crippen LogP contribution in [0.15, 0.2) is 36.4 Å². The number of pyridine rings is 1. The Labute approximate surface area is 153 Å². The number of aromatic nitrogens is 1. The summed E-state index contributed by atoms with van der Waals surface area (Å²) in [4.78, 5) is 4.88. The van der Waals surface area contributed by atoms with Gasteiger partial charge in [-0.05, 0) is 61.8 Å². The Kier molecular flexibility index (Phi) is 4.30. The fourth-order valence-electron chi connectivity index (χ4n) is 4.35. The second-order valence-corrected chi connectivity index (χ2v) is 7.66. The highest BCUT2D eigenvalue weighted by Crippen LogP contribution is 2.51. The molecule has 2 aromatic rings. The Balaban J connectivity index is 1.77. The Morgan fingerprint density at radius 1 is 1.32 bits per heavy atom. The lowest BCUT2D eigenvalue weighted by molar-refractivity contribution is 0.284. The molecule has 2 aliphatic carbocycles. The summed E-state index contributed by atoms with van der Waals surface area (Å²) in [6.07, 6.45) is 7.42. The number of hydrogen-bond donors (Lipinski definition) is 2. The van der Waals surface area contributed by atoms with Gasteiger partial charge in [-0.25, -0.2) is 4.98 Å². The third-order valence-corrected chi connectivity index (χ3v) is 5.81. The van der Waals surface area contributed by atoms with E-state index in [2.05, 4.69) is 12.7 Å². The average molecular weight is 355 g/mol. The Morgan fingerprint density at radius 2 is 2.16 bits per heavy atom. The first-order valence-electron chi connectivity index (χ1n) is 8.96. The number of aliphatic hydroxyl groups excluding tert-OH is 1. The Bertz CT molecular complexity index is 887. The van der Waals surface area contributed by atoms with Crippen molar-refractivity contribution in [2.24, 2.45) is 5.92 Å². The van der Waals surface area contributed by atoms with Gasteiger partial charge in [-0.3, -0.25) is 0 Å². The third-order valence-electron chi connectivity index (χ3n) is 5.58. The zero-order valence-electron chi connectivity index (χ0n) is 14.3. The number of benzene rings is 1. The normalized spacial score (nSPS) is 22.0. The summed E-state index contributed by atoms with van der Waals surface area (Å²) in [5, 5.41) is 10.7. The minimum absolute atomic E-state index is 0.265. The molecule has 0 aliphatic heterocycles. The molecule has 1 aromatic heterocycles. The van der Waals surface area contributed by atoms with Crippen molar-refractivity contribution >= 4 is 33.8 Å². The number of anilines is 1. The van der Waals surface area contributed by atoms with E-state index in [0.29, 0.717) is 16.9 Å². The smallest absolute Gasteiger partial charge is 0.0745 e. The number of unbranched alkanes of at least 4 members (excludes halogenated alkanes) is 1. The Morgan fingerprint density at radius 3 is 2.96 bits per heavy atom. The lowest BCUT2D eigenvalue weighted by atomic mass is 9.68. The van der Waals surface area contributed by atoms with E-state index in [1.807, 2.05) is 18.2 Å². The molecule has 2 aliphatic rings. The molecule has 0 amide bonds. The zero-order valence-corrected chi connectivity index (χ0v) is 15.0. The van der Waals surface area contributed by atoms with Gasteiger partial charge in [0.15, 0.2) is 0 Å². The van der Waals surface area contributed by atoms with Crippen LogP contribution >= 0.6 is 11.6 Å². The molecular formula is C21H23ClN2O. The van der Waals surface area contributed by atoms with Crippen molar-refractivity contribution in [2.75, 3.05) is 12.3 Å². The second kappa shape index (κ2) is 6.47. The van der Waals surface area contributed by atoms with Crippen LogP contribution in [0.2, 0.25) is 5.02 Å². The second-order valence-electron chi connectivity index (χ2n) is 7.22. The summed E-state index contributed by atoms with van der Waals surface area (Å²) in [5.41, 5.74) is 12.9. The molecule has 0 spiro atoms. The van der Waals surface area contributed by atoms with Crippen molar-refractivity contribution in [3.63, 3.8) is 0 Å². The van der Waals surface area contributed by atoms with E-state index in [9.17, 15) is 0 Å². The van der Waals surface area contributed by atoms with E-state index in [1.54, 1.807) is 0 Å². The number of aliphatic hydroxyl groups is 1. The number of hydrogen-bond acceptors (Lipinski definition) is 3. The van der Waals surface area contributed by atoms with E-state index in [-0.39, 0.29) is 6.61 Å². The van der Waals surface area contributed by atoms with Crippen molar-refractivity contribution < 1.29 is 5.11 Å². The fourth-order valence-corrected chi connectivity index (χ4v) is 4.52. The van der Waals surface area contributed by atoms with E-state index in [0.717, 1.165) is 60.0 Å². The molecular weight excluding hydrogens is 332 g/mol. The molecule has 4 rings (SSSR count). The fraction of sp³-hybridized carbons (Fsp3) is 0.381. The maximum Gasteiger partial charge on any atom is 0.0745 e. The SMILES string of the molecule is C=C1c2nc3cc(Cl)ccc3c(N)c2C2CC(CCCCO)=CC1C2. The minimum atomic E-state index is 0.265. The molecule has 2 unspecified atom stereocenters. The first-order valence-corrected chi connectivity index (χ1v) is 9.34. The molecule has 25 heavy (non-hydrogen) atoms. The van der Waals surface area contributed by atoms with Gasteiger partial charge in [0.1, 0.15) is 0 Å². The number of rotatable bonds is 4. The molecule has 2 bridgehead atoms. The molecule has 3 nitrogen and oxygen atoms in total. The third kappa shape index (κ3) is 2.86. The topological polar surface area (TPSA) is 59.1 Å². The minimum Gasteiger partial charge on any atom is -0.398 e. The van der Waals surface area contributed by atoms with E-state index < -0.39 is 0 Å². The van der Waals surface area contributed by atoms with Crippen molar-refractivity contribution in [3.05, 3.63) is 52.7 Å². The largest absolute Gasteiger partial charge is 0.398 e. The first-order chi connectivity index (χ1) is 12.1. The maximum atomic E-state index is 9.02. The van der Waals surface area contributed by atoms with Gasteiger partial charge < -0.3 is 10.8 Å². The molecule has 3 N–H and O–H groups in total. The number of fused-ring (bicyclic) bond motifs is 5. The van der Waals surface area contributed by atoms with Crippen molar-refractivity contribution in [3.8, 4) is 0 Å². The zero-order chi connectivity index (χ0) is 17.6. The molecule has 0 saturated heterocycles. The van der Waals surface area contributed by atoms with Gasteiger partial charge in [0.25, 0.3) is 0 Å².